The van der Waals surface area contributed by atoms with Crippen molar-refractivity contribution in [2.24, 2.45) is 7.05 Å². The third kappa shape index (κ3) is 1.42. The van der Waals surface area contributed by atoms with Crippen LogP contribution in [0.4, 0.5) is 5.95 Å². The smallest absolute Gasteiger partial charge is 0.207 e. The van der Waals surface area contributed by atoms with Crippen molar-refractivity contribution in [2.45, 2.75) is 0 Å². The third-order valence-corrected chi connectivity index (χ3v) is 2.82. The van der Waals surface area contributed by atoms with Gasteiger partial charge < -0.3 is 10.5 Å². The molecule has 0 aliphatic carbocycles. The topological polar surface area (TPSA) is 70.9 Å². The maximum Gasteiger partial charge on any atom is 0.207 e. The molecular weight excluding hydrogens is 230 g/mol. The molecule has 0 radical (unpaired) electrons. The van der Waals surface area contributed by atoms with Gasteiger partial charge in [-0.2, -0.15) is 5.10 Å². The first-order valence-electron chi connectivity index (χ1n) is 5.51. The van der Waals surface area contributed by atoms with Crippen molar-refractivity contribution in [3.8, 4) is 11.6 Å². The standard InChI is InChI=1S/C12H13N5O/c1-16-7-6-10(15-16)17-8-4-3-5-9(18-2)11(8)14-12(17)13/h3-7H,1-2H3,(H2,13,14). The molecule has 0 saturated heterocycles. The van der Waals surface area contributed by atoms with E-state index in [0.717, 1.165) is 16.9 Å². The predicted octanol–water partition coefficient (Wildman–Crippen LogP) is 1.35. The number of fused-ring (bicyclic) bond motifs is 1. The molecule has 0 aliphatic heterocycles. The van der Waals surface area contributed by atoms with E-state index in [1.165, 1.54) is 0 Å². The molecule has 2 heterocycles. The summed E-state index contributed by atoms with van der Waals surface area (Å²) in [7, 11) is 3.48. The Morgan fingerprint density at radius 1 is 1.28 bits per heavy atom. The van der Waals surface area contributed by atoms with E-state index >= 15 is 0 Å². The Kier molecular flexibility index (Phi) is 2.22. The van der Waals surface area contributed by atoms with Crippen LogP contribution in [0.25, 0.3) is 16.9 Å². The van der Waals surface area contributed by atoms with Gasteiger partial charge in [-0.25, -0.2) is 4.98 Å². The van der Waals surface area contributed by atoms with Gasteiger partial charge in [-0.05, 0) is 12.1 Å². The molecule has 0 unspecified atom stereocenters. The fraction of sp³-hybridized carbons (Fsp3) is 0.167. The van der Waals surface area contributed by atoms with Gasteiger partial charge in [-0.15, -0.1) is 0 Å². The second-order valence-corrected chi connectivity index (χ2v) is 3.98. The SMILES string of the molecule is COc1cccc2c1nc(N)n2-c1ccn(C)n1. The van der Waals surface area contributed by atoms with Crippen molar-refractivity contribution < 1.29 is 4.74 Å². The Morgan fingerprint density at radius 3 is 2.78 bits per heavy atom. The van der Waals surface area contributed by atoms with Crippen molar-refractivity contribution in [2.75, 3.05) is 12.8 Å². The van der Waals surface area contributed by atoms with Crippen LogP contribution in [-0.2, 0) is 7.05 Å². The number of ether oxygens (including phenoxy) is 1. The molecule has 3 aromatic rings. The monoisotopic (exact) mass is 243 g/mol. The molecule has 2 N–H and O–H groups in total. The summed E-state index contributed by atoms with van der Waals surface area (Å²) in [6, 6.07) is 7.59. The lowest BCUT2D eigenvalue weighted by atomic mass is 10.3. The Balaban J connectivity index is 2.33. The van der Waals surface area contributed by atoms with Gasteiger partial charge in [0.1, 0.15) is 11.3 Å². The number of methoxy groups -OCH3 is 1. The summed E-state index contributed by atoms with van der Waals surface area (Å²) < 4.78 is 8.81. The summed E-state index contributed by atoms with van der Waals surface area (Å²) in [5.41, 5.74) is 7.58. The zero-order chi connectivity index (χ0) is 12.7. The maximum atomic E-state index is 5.97. The zero-order valence-electron chi connectivity index (χ0n) is 10.2. The van der Waals surface area contributed by atoms with Crippen molar-refractivity contribution in [1.29, 1.82) is 0 Å². The van der Waals surface area contributed by atoms with E-state index in [9.17, 15) is 0 Å². The molecule has 3 rings (SSSR count). The lowest BCUT2D eigenvalue weighted by molar-refractivity contribution is 0.419. The summed E-state index contributed by atoms with van der Waals surface area (Å²) in [4.78, 5) is 4.34. The maximum absolute atomic E-state index is 5.97. The highest BCUT2D eigenvalue weighted by atomic mass is 16.5. The molecule has 1 aromatic carbocycles. The number of hydrogen-bond acceptors (Lipinski definition) is 4. The summed E-state index contributed by atoms with van der Waals surface area (Å²) in [6.45, 7) is 0. The van der Waals surface area contributed by atoms with Crippen molar-refractivity contribution in [3.63, 3.8) is 0 Å². The molecular formula is C12H13N5O. The second-order valence-electron chi connectivity index (χ2n) is 3.98. The quantitative estimate of drug-likeness (QED) is 0.737. The van der Waals surface area contributed by atoms with Gasteiger partial charge in [0.25, 0.3) is 0 Å². The van der Waals surface area contributed by atoms with Crippen LogP contribution >= 0.6 is 0 Å². The minimum atomic E-state index is 0.396. The minimum absolute atomic E-state index is 0.396. The van der Waals surface area contributed by atoms with Crippen molar-refractivity contribution >= 4 is 17.0 Å². The van der Waals surface area contributed by atoms with E-state index in [2.05, 4.69) is 10.1 Å². The predicted molar refractivity (Wildman–Crippen MR) is 68.8 cm³/mol. The van der Waals surface area contributed by atoms with Crippen LogP contribution in [-0.4, -0.2) is 26.4 Å². The number of nitrogens with zero attached hydrogens (tertiary/aromatic N) is 4. The highest BCUT2D eigenvalue weighted by Gasteiger charge is 2.14. The number of imidazole rings is 1. The van der Waals surface area contributed by atoms with Gasteiger partial charge in [0.15, 0.2) is 5.82 Å². The van der Waals surface area contributed by atoms with Crippen LogP contribution in [0.5, 0.6) is 5.75 Å². The van der Waals surface area contributed by atoms with Crippen LogP contribution in [0.2, 0.25) is 0 Å². The number of aromatic nitrogens is 4. The average molecular weight is 243 g/mol. The first kappa shape index (κ1) is 10.6. The van der Waals surface area contributed by atoms with Crippen LogP contribution in [0.3, 0.4) is 0 Å². The molecule has 2 aromatic heterocycles. The number of para-hydroxylation sites is 1. The first-order valence-corrected chi connectivity index (χ1v) is 5.51. The van der Waals surface area contributed by atoms with Crippen molar-refractivity contribution in [3.05, 3.63) is 30.5 Å². The molecule has 0 bridgehead atoms. The van der Waals surface area contributed by atoms with Crippen LogP contribution in [0, 0.1) is 0 Å². The number of nitrogens with two attached hydrogens (primary N) is 1. The molecule has 0 fully saturated rings. The normalized spacial score (nSPS) is 11.0. The molecule has 92 valence electrons. The molecule has 0 atom stereocenters. The molecule has 18 heavy (non-hydrogen) atoms. The van der Waals surface area contributed by atoms with E-state index < -0.39 is 0 Å². The van der Waals surface area contributed by atoms with Gasteiger partial charge in [-0.3, -0.25) is 9.25 Å². The number of anilines is 1. The second kappa shape index (κ2) is 3.76. The minimum Gasteiger partial charge on any atom is -0.494 e. The molecule has 0 spiro atoms. The van der Waals surface area contributed by atoms with E-state index in [0.29, 0.717) is 11.7 Å². The van der Waals surface area contributed by atoms with Gasteiger partial charge in [-0.1, -0.05) is 6.07 Å². The lowest BCUT2D eigenvalue weighted by Crippen LogP contribution is -2.02. The molecule has 0 saturated carbocycles. The van der Waals surface area contributed by atoms with E-state index in [1.54, 1.807) is 16.4 Å². The molecule has 0 amide bonds. The van der Waals surface area contributed by atoms with Gasteiger partial charge >= 0.3 is 0 Å². The van der Waals surface area contributed by atoms with Crippen LogP contribution in [0.1, 0.15) is 0 Å². The number of nitrogen functional groups attached to an aromatic ring is 1. The van der Waals surface area contributed by atoms with Crippen LogP contribution in [0.15, 0.2) is 30.5 Å². The summed E-state index contributed by atoms with van der Waals surface area (Å²) in [6.07, 6.45) is 1.86. The number of hydrogen-bond donors (Lipinski definition) is 1. The number of aryl methyl sites for hydroxylation is 1. The largest absolute Gasteiger partial charge is 0.494 e. The van der Waals surface area contributed by atoms with E-state index in [4.69, 9.17) is 10.5 Å². The highest BCUT2D eigenvalue weighted by Crippen LogP contribution is 2.28. The van der Waals surface area contributed by atoms with Gasteiger partial charge in [0, 0.05) is 19.3 Å². The highest BCUT2D eigenvalue weighted by molar-refractivity contribution is 5.85. The molecule has 0 aliphatic rings. The van der Waals surface area contributed by atoms with E-state index in [1.807, 2.05) is 37.5 Å². The Morgan fingerprint density at radius 2 is 2.11 bits per heavy atom. The fourth-order valence-electron chi connectivity index (χ4n) is 2.02. The zero-order valence-corrected chi connectivity index (χ0v) is 10.2. The third-order valence-electron chi connectivity index (χ3n) is 2.82. The molecule has 6 nitrogen and oxygen atoms in total. The average Bonchev–Trinajstić information content (AvgIpc) is 2.91. The Labute approximate surface area is 104 Å². The first-order chi connectivity index (χ1) is 8.70. The molecule has 6 heteroatoms. The van der Waals surface area contributed by atoms with E-state index in [-0.39, 0.29) is 0 Å². The van der Waals surface area contributed by atoms with Gasteiger partial charge in [0.2, 0.25) is 5.95 Å². The summed E-state index contributed by atoms with van der Waals surface area (Å²) in [5, 5.41) is 4.34. The summed E-state index contributed by atoms with van der Waals surface area (Å²) in [5.74, 6) is 1.84. The van der Waals surface area contributed by atoms with Crippen molar-refractivity contribution in [1.82, 2.24) is 19.3 Å². The number of rotatable bonds is 2. The summed E-state index contributed by atoms with van der Waals surface area (Å²) >= 11 is 0. The Bertz CT molecular complexity index is 712. The Hall–Kier alpha value is -2.50. The fourth-order valence-corrected chi connectivity index (χ4v) is 2.02. The van der Waals surface area contributed by atoms with Gasteiger partial charge in [0.05, 0.1) is 12.6 Å². The number of benzene rings is 1. The lowest BCUT2D eigenvalue weighted by Gasteiger charge is -2.03. The van der Waals surface area contributed by atoms with Crippen LogP contribution < -0.4 is 10.5 Å².